The van der Waals surface area contributed by atoms with Crippen molar-refractivity contribution in [2.45, 2.75) is 32.4 Å². The Morgan fingerprint density at radius 2 is 2.33 bits per heavy atom. The Balaban J connectivity index is 2.61. The minimum atomic E-state index is -1.01. The van der Waals surface area contributed by atoms with Crippen molar-refractivity contribution in [2.75, 3.05) is 0 Å². The van der Waals surface area contributed by atoms with Gasteiger partial charge in [-0.25, -0.2) is 0 Å². The van der Waals surface area contributed by atoms with Gasteiger partial charge in [-0.1, -0.05) is 11.6 Å². The minimum Gasteiger partial charge on any atom is -0.368 e. The molecule has 0 radical (unpaired) electrons. The van der Waals surface area contributed by atoms with E-state index in [9.17, 15) is 4.79 Å². The maximum atomic E-state index is 11.0. The first-order valence-corrected chi connectivity index (χ1v) is 4.99. The fourth-order valence-corrected chi connectivity index (χ4v) is 1.23. The minimum absolute atomic E-state index is 0.430. The topological polar surface area (TPSA) is 86.9 Å². The molecular weight excluding hydrogens is 216 g/mol. The maximum absolute atomic E-state index is 11.0. The summed E-state index contributed by atoms with van der Waals surface area (Å²) < 4.78 is 1.66. The van der Waals surface area contributed by atoms with Crippen molar-refractivity contribution in [3.63, 3.8) is 0 Å². The first-order valence-electron chi connectivity index (χ1n) is 4.61. The third-order valence-electron chi connectivity index (χ3n) is 2.31. The van der Waals surface area contributed by atoms with Crippen LogP contribution in [0.15, 0.2) is 6.20 Å². The Morgan fingerprint density at radius 3 is 2.73 bits per heavy atom. The van der Waals surface area contributed by atoms with Crippen LogP contribution in [0.3, 0.4) is 0 Å². The zero-order chi connectivity index (χ0) is 11.6. The number of rotatable bonds is 4. The third-order valence-corrected chi connectivity index (χ3v) is 2.68. The molecule has 1 unspecified atom stereocenters. The summed E-state index contributed by atoms with van der Waals surface area (Å²) in [6.45, 7) is 3.94. The number of nitrogens with two attached hydrogens (primary N) is 2. The highest BCUT2D eigenvalue weighted by Crippen LogP contribution is 2.13. The second kappa shape index (κ2) is 4.20. The van der Waals surface area contributed by atoms with E-state index in [-0.39, 0.29) is 0 Å². The molecule has 4 N–H and O–H groups in total. The molecule has 0 aromatic carbocycles. The fraction of sp³-hybridized carbons (Fsp3) is 0.556. The highest BCUT2D eigenvalue weighted by atomic mass is 35.5. The normalized spacial score (nSPS) is 14.9. The fourth-order valence-electron chi connectivity index (χ4n) is 1.08. The van der Waals surface area contributed by atoms with Gasteiger partial charge in [0, 0.05) is 12.7 Å². The van der Waals surface area contributed by atoms with Crippen LogP contribution in [0.25, 0.3) is 0 Å². The van der Waals surface area contributed by atoms with Gasteiger partial charge >= 0.3 is 0 Å². The third kappa shape index (κ3) is 2.94. The van der Waals surface area contributed by atoms with E-state index >= 15 is 0 Å². The number of primary amides is 1. The summed E-state index contributed by atoms with van der Waals surface area (Å²) in [5.41, 5.74) is 10.6. The van der Waals surface area contributed by atoms with Crippen LogP contribution >= 0.6 is 11.6 Å². The Labute approximate surface area is 93.4 Å². The van der Waals surface area contributed by atoms with Crippen LogP contribution in [0.4, 0.5) is 0 Å². The summed E-state index contributed by atoms with van der Waals surface area (Å²) >= 11 is 5.84. The summed E-state index contributed by atoms with van der Waals surface area (Å²) in [5, 5.41) is 4.75. The summed E-state index contributed by atoms with van der Waals surface area (Å²) in [6.07, 6.45) is 2.13. The molecular formula is C9H15ClN4O. The van der Waals surface area contributed by atoms with Gasteiger partial charge in [0.2, 0.25) is 5.91 Å². The second-order valence-electron chi connectivity index (χ2n) is 3.86. The van der Waals surface area contributed by atoms with Crippen molar-refractivity contribution in [1.82, 2.24) is 9.78 Å². The van der Waals surface area contributed by atoms with Gasteiger partial charge in [0.1, 0.15) is 0 Å². The molecule has 1 heterocycles. The first kappa shape index (κ1) is 12.0. The molecule has 5 nitrogen and oxygen atoms in total. The van der Waals surface area contributed by atoms with E-state index in [1.54, 1.807) is 17.8 Å². The van der Waals surface area contributed by atoms with Crippen LogP contribution in [0.2, 0.25) is 5.02 Å². The molecule has 6 heteroatoms. The first-order chi connectivity index (χ1) is 6.83. The summed E-state index contributed by atoms with van der Waals surface area (Å²) in [5.74, 6) is -0.516. The van der Waals surface area contributed by atoms with Crippen molar-refractivity contribution in [3.05, 3.63) is 16.9 Å². The molecule has 84 valence electrons. The molecule has 1 aromatic rings. The van der Waals surface area contributed by atoms with Crippen LogP contribution < -0.4 is 11.5 Å². The average molecular weight is 231 g/mol. The van der Waals surface area contributed by atoms with Gasteiger partial charge < -0.3 is 11.5 Å². The van der Waals surface area contributed by atoms with Crippen LogP contribution in [0, 0.1) is 6.92 Å². The molecule has 1 atom stereocenters. The second-order valence-corrected chi connectivity index (χ2v) is 4.26. The highest BCUT2D eigenvalue weighted by Gasteiger charge is 2.25. The largest absolute Gasteiger partial charge is 0.368 e. The van der Waals surface area contributed by atoms with Crippen LogP contribution in [0.5, 0.6) is 0 Å². The standard InChI is InChI=1S/C9H15ClN4O/c1-6-7(10)5-14(13-6)4-3-9(2,12)8(11)15/h5H,3-4,12H2,1-2H3,(H2,11,15). The molecule has 0 spiro atoms. The van der Waals surface area contributed by atoms with Gasteiger partial charge in [-0.15, -0.1) is 0 Å². The van der Waals surface area contributed by atoms with E-state index in [1.165, 1.54) is 0 Å². The zero-order valence-corrected chi connectivity index (χ0v) is 9.58. The lowest BCUT2D eigenvalue weighted by molar-refractivity contribution is -0.122. The van der Waals surface area contributed by atoms with E-state index in [1.807, 2.05) is 6.92 Å². The predicted molar refractivity (Wildman–Crippen MR) is 58.4 cm³/mol. The van der Waals surface area contributed by atoms with Gasteiger partial charge in [-0.05, 0) is 20.3 Å². The molecule has 1 rings (SSSR count). The summed E-state index contributed by atoms with van der Waals surface area (Å²) in [4.78, 5) is 11.0. The van der Waals surface area contributed by atoms with E-state index in [0.29, 0.717) is 18.0 Å². The number of aryl methyl sites for hydroxylation is 2. The quantitative estimate of drug-likeness (QED) is 0.787. The number of nitrogens with zero attached hydrogens (tertiary/aromatic N) is 2. The number of carbonyl (C=O) groups excluding carboxylic acids is 1. The number of hydrogen-bond donors (Lipinski definition) is 2. The Bertz CT molecular complexity index is 353. The van der Waals surface area contributed by atoms with Crippen molar-refractivity contribution >= 4 is 17.5 Å². The van der Waals surface area contributed by atoms with E-state index in [4.69, 9.17) is 23.1 Å². The number of carbonyl (C=O) groups is 1. The van der Waals surface area contributed by atoms with Crippen molar-refractivity contribution in [1.29, 1.82) is 0 Å². The summed E-state index contributed by atoms with van der Waals surface area (Å²) in [7, 11) is 0. The highest BCUT2D eigenvalue weighted by molar-refractivity contribution is 6.31. The van der Waals surface area contributed by atoms with E-state index in [2.05, 4.69) is 5.10 Å². The zero-order valence-electron chi connectivity index (χ0n) is 8.83. The van der Waals surface area contributed by atoms with Gasteiger partial charge in [0.15, 0.2) is 0 Å². The van der Waals surface area contributed by atoms with Crippen LogP contribution in [-0.4, -0.2) is 21.2 Å². The van der Waals surface area contributed by atoms with Crippen LogP contribution in [-0.2, 0) is 11.3 Å². The Kier molecular flexibility index (Phi) is 3.36. The number of hydrogen-bond acceptors (Lipinski definition) is 3. The Hall–Kier alpha value is -1.07. The van der Waals surface area contributed by atoms with Crippen molar-refractivity contribution < 1.29 is 4.79 Å². The van der Waals surface area contributed by atoms with Crippen LogP contribution in [0.1, 0.15) is 19.0 Å². The summed E-state index contributed by atoms with van der Waals surface area (Å²) in [6, 6.07) is 0. The maximum Gasteiger partial charge on any atom is 0.237 e. The molecule has 0 fully saturated rings. The van der Waals surface area contributed by atoms with Gasteiger partial charge in [-0.3, -0.25) is 9.48 Å². The van der Waals surface area contributed by atoms with Crippen molar-refractivity contribution in [3.8, 4) is 0 Å². The molecule has 0 aliphatic rings. The van der Waals surface area contributed by atoms with Gasteiger partial charge in [-0.2, -0.15) is 5.10 Å². The van der Waals surface area contributed by atoms with E-state index in [0.717, 1.165) is 5.69 Å². The molecule has 0 aliphatic heterocycles. The van der Waals surface area contributed by atoms with E-state index < -0.39 is 11.4 Å². The lowest BCUT2D eigenvalue weighted by Gasteiger charge is -2.19. The number of halogens is 1. The SMILES string of the molecule is Cc1nn(CCC(C)(N)C(N)=O)cc1Cl. The molecule has 1 amide bonds. The lowest BCUT2D eigenvalue weighted by Crippen LogP contribution is -2.49. The lowest BCUT2D eigenvalue weighted by atomic mass is 9.99. The van der Waals surface area contributed by atoms with Gasteiger partial charge in [0.25, 0.3) is 0 Å². The Morgan fingerprint density at radius 1 is 1.73 bits per heavy atom. The molecule has 15 heavy (non-hydrogen) atoms. The number of amides is 1. The molecule has 1 aromatic heterocycles. The van der Waals surface area contributed by atoms with Crippen molar-refractivity contribution in [2.24, 2.45) is 11.5 Å². The molecule has 0 saturated heterocycles. The molecule has 0 bridgehead atoms. The average Bonchev–Trinajstić information content (AvgIpc) is 2.43. The molecule has 0 aliphatic carbocycles. The van der Waals surface area contributed by atoms with Gasteiger partial charge in [0.05, 0.1) is 16.3 Å². The predicted octanol–water partition coefficient (Wildman–Crippen LogP) is 0.438. The molecule has 0 saturated carbocycles. The smallest absolute Gasteiger partial charge is 0.237 e. The monoisotopic (exact) mass is 230 g/mol. The number of aromatic nitrogens is 2.